The summed E-state index contributed by atoms with van der Waals surface area (Å²) < 4.78 is 6.36. The average Bonchev–Trinajstić information content (AvgIpc) is 3.12. The number of aliphatic hydroxyl groups is 1. The fraction of sp³-hybridized carbons (Fsp3) is 0.500. The first-order chi connectivity index (χ1) is 10.2. The topological polar surface area (TPSA) is 45.4 Å². The Hall–Kier alpha value is -0.810. The largest absolute Gasteiger partial charge is 0.467 e. The minimum Gasteiger partial charge on any atom is -0.467 e. The van der Waals surface area contributed by atoms with Gasteiger partial charge in [0, 0.05) is 4.88 Å². The van der Waals surface area contributed by atoms with E-state index in [1.807, 2.05) is 24.3 Å². The molecule has 0 radical (unpaired) electrons. The third-order valence-corrected chi connectivity index (χ3v) is 5.37. The van der Waals surface area contributed by atoms with Crippen LogP contribution in [0.25, 0.3) is 0 Å². The number of aliphatic hydroxyl groups excluding tert-OH is 1. The minimum atomic E-state index is -0.135. The van der Waals surface area contributed by atoms with Crippen molar-refractivity contribution < 1.29 is 9.52 Å². The van der Waals surface area contributed by atoms with E-state index in [0.717, 1.165) is 40.8 Å². The van der Waals surface area contributed by atoms with Crippen molar-refractivity contribution in [1.29, 1.82) is 0 Å². The first-order valence-electron chi connectivity index (χ1n) is 7.42. The van der Waals surface area contributed by atoms with Gasteiger partial charge >= 0.3 is 0 Å². The van der Waals surface area contributed by atoms with Gasteiger partial charge in [0.05, 0.1) is 16.7 Å². The van der Waals surface area contributed by atoms with Gasteiger partial charge in [-0.3, -0.25) is 0 Å². The third kappa shape index (κ3) is 3.89. The van der Waals surface area contributed by atoms with Gasteiger partial charge < -0.3 is 14.8 Å². The minimum absolute atomic E-state index is 0.0385. The van der Waals surface area contributed by atoms with Crippen molar-refractivity contribution in [2.75, 3.05) is 6.54 Å². The van der Waals surface area contributed by atoms with E-state index in [0.29, 0.717) is 5.92 Å². The van der Waals surface area contributed by atoms with Crippen molar-refractivity contribution in [3.05, 3.63) is 45.5 Å². The van der Waals surface area contributed by atoms with Crippen LogP contribution < -0.4 is 5.32 Å². The fourth-order valence-corrected chi connectivity index (χ4v) is 4.16. The second-order valence-electron chi connectivity index (χ2n) is 5.69. The van der Waals surface area contributed by atoms with E-state index in [1.54, 1.807) is 17.6 Å². The maximum absolute atomic E-state index is 9.79. The Labute approximate surface area is 133 Å². The van der Waals surface area contributed by atoms with Crippen molar-refractivity contribution in [2.45, 2.75) is 37.8 Å². The zero-order valence-electron chi connectivity index (χ0n) is 11.8. The molecule has 0 saturated heterocycles. The lowest BCUT2D eigenvalue weighted by molar-refractivity contribution is 0.0998. The van der Waals surface area contributed by atoms with Crippen LogP contribution in [-0.2, 0) is 0 Å². The molecule has 3 rings (SSSR count). The molecule has 0 amide bonds. The van der Waals surface area contributed by atoms with Crippen LogP contribution in [0.5, 0.6) is 0 Å². The number of thiophene rings is 1. The summed E-state index contributed by atoms with van der Waals surface area (Å²) in [6.07, 6.45) is 5.69. The molecule has 1 aliphatic rings. The maximum Gasteiger partial charge on any atom is 0.126 e. The Kier molecular flexibility index (Phi) is 5.01. The van der Waals surface area contributed by atoms with Gasteiger partial charge in [0.15, 0.2) is 0 Å². The van der Waals surface area contributed by atoms with Gasteiger partial charge in [-0.25, -0.2) is 0 Å². The Balaban J connectivity index is 1.68. The van der Waals surface area contributed by atoms with Gasteiger partial charge in [-0.15, -0.1) is 11.3 Å². The fourth-order valence-electron chi connectivity index (χ4n) is 3.01. The summed E-state index contributed by atoms with van der Waals surface area (Å²) in [5, 5.41) is 13.4. The molecule has 3 unspecified atom stereocenters. The lowest BCUT2D eigenvalue weighted by atomic mass is 9.87. The quantitative estimate of drug-likeness (QED) is 0.865. The van der Waals surface area contributed by atoms with Crippen molar-refractivity contribution in [1.82, 2.24) is 5.32 Å². The second-order valence-corrected chi connectivity index (χ2v) is 7.43. The number of nitrogens with one attached hydrogen (secondary N) is 1. The molecule has 2 N–H and O–H groups in total. The van der Waals surface area contributed by atoms with Gasteiger partial charge in [-0.2, -0.15) is 0 Å². The standard InChI is InChI=1S/C16H20ClNO2S/c17-15-7-6-14(21-15)16(13-5-2-8-20-13)18-10-11-3-1-4-12(19)9-11/h2,5-8,11-12,16,18-19H,1,3-4,9-10H2. The molecule has 114 valence electrons. The van der Waals surface area contributed by atoms with Gasteiger partial charge in [-0.1, -0.05) is 18.0 Å². The Morgan fingerprint density at radius 3 is 2.95 bits per heavy atom. The zero-order chi connectivity index (χ0) is 14.7. The monoisotopic (exact) mass is 325 g/mol. The molecule has 3 atom stereocenters. The predicted octanol–water partition coefficient (Wildman–Crippen LogP) is 4.22. The molecular weight excluding hydrogens is 306 g/mol. The first kappa shape index (κ1) is 15.1. The van der Waals surface area contributed by atoms with Crippen molar-refractivity contribution in [3.63, 3.8) is 0 Å². The van der Waals surface area contributed by atoms with Crippen LogP contribution in [0.3, 0.4) is 0 Å². The maximum atomic E-state index is 9.79. The van der Waals surface area contributed by atoms with E-state index in [4.69, 9.17) is 16.0 Å². The molecule has 0 aliphatic heterocycles. The Bertz CT molecular complexity index is 554. The lowest BCUT2D eigenvalue weighted by Gasteiger charge is -2.27. The van der Waals surface area contributed by atoms with Crippen LogP contribution in [0, 0.1) is 5.92 Å². The molecule has 3 nitrogen and oxygen atoms in total. The van der Waals surface area contributed by atoms with Crippen LogP contribution in [0.1, 0.15) is 42.4 Å². The molecule has 0 spiro atoms. The molecule has 0 aromatic carbocycles. The SMILES string of the molecule is OC1CCCC(CNC(c2ccco2)c2ccc(Cl)s2)C1. The molecule has 1 aliphatic carbocycles. The van der Waals surface area contributed by atoms with Crippen LogP contribution in [0.4, 0.5) is 0 Å². The molecule has 1 fully saturated rings. The van der Waals surface area contributed by atoms with Gasteiger partial charge in [0.25, 0.3) is 0 Å². The molecule has 0 bridgehead atoms. The Morgan fingerprint density at radius 1 is 1.38 bits per heavy atom. The summed E-state index contributed by atoms with van der Waals surface area (Å²) >= 11 is 7.64. The zero-order valence-corrected chi connectivity index (χ0v) is 13.4. The van der Waals surface area contributed by atoms with Crippen LogP contribution in [-0.4, -0.2) is 17.8 Å². The van der Waals surface area contributed by atoms with Crippen LogP contribution >= 0.6 is 22.9 Å². The Morgan fingerprint density at radius 2 is 2.29 bits per heavy atom. The predicted molar refractivity (Wildman–Crippen MR) is 85.8 cm³/mol. The van der Waals surface area contributed by atoms with E-state index < -0.39 is 0 Å². The smallest absolute Gasteiger partial charge is 0.126 e. The average molecular weight is 326 g/mol. The highest BCUT2D eigenvalue weighted by molar-refractivity contribution is 7.16. The highest BCUT2D eigenvalue weighted by Crippen LogP contribution is 2.32. The van der Waals surface area contributed by atoms with E-state index >= 15 is 0 Å². The first-order valence-corrected chi connectivity index (χ1v) is 8.62. The van der Waals surface area contributed by atoms with Crippen molar-refractivity contribution in [2.24, 2.45) is 5.92 Å². The molecule has 2 aromatic heterocycles. The number of hydrogen-bond acceptors (Lipinski definition) is 4. The van der Waals surface area contributed by atoms with Crippen molar-refractivity contribution in [3.8, 4) is 0 Å². The summed E-state index contributed by atoms with van der Waals surface area (Å²) in [6, 6.07) is 7.90. The third-order valence-electron chi connectivity index (χ3n) is 4.07. The van der Waals surface area contributed by atoms with Gasteiger partial charge in [0.1, 0.15) is 11.8 Å². The van der Waals surface area contributed by atoms with E-state index in [9.17, 15) is 5.11 Å². The van der Waals surface area contributed by atoms with E-state index in [1.165, 1.54) is 6.42 Å². The van der Waals surface area contributed by atoms with Gasteiger partial charge in [-0.05, 0) is 56.0 Å². The van der Waals surface area contributed by atoms with Crippen LogP contribution in [0.2, 0.25) is 4.34 Å². The molecule has 5 heteroatoms. The van der Waals surface area contributed by atoms with Gasteiger partial charge in [0.2, 0.25) is 0 Å². The van der Waals surface area contributed by atoms with Crippen molar-refractivity contribution >= 4 is 22.9 Å². The normalized spacial score (nSPS) is 24.1. The highest BCUT2D eigenvalue weighted by Gasteiger charge is 2.23. The number of furan rings is 1. The molecular formula is C16H20ClNO2S. The molecule has 2 heterocycles. The second kappa shape index (κ2) is 6.97. The number of hydrogen-bond donors (Lipinski definition) is 2. The number of rotatable bonds is 5. The summed E-state index contributed by atoms with van der Waals surface area (Å²) in [5.74, 6) is 1.44. The van der Waals surface area contributed by atoms with E-state index in [-0.39, 0.29) is 12.1 Å². The summed E-state index contributed by atoms with van der Waals surface area (Å²) in [5.41, 5.74) is 0. The molecule has 1 saturated carbocycles. The summed E-state index contributed by atoms with van der Waals surface area (Å²) in [6.45, 7) is 0.887. The summed E-state index contributed by atoms with van der Waals surface area (Å²) in [4.78, 5) is 1.16. The lowest BCUT2D eigenvalue weighted by Crippen LogP contribution is -2.31. The van der Waals surface area contributed by atoms with E-state index in [2.05, 4.69) is 5.32 Å². The molecule has 2 aromatic rings. The number of halogens is 1. The summed E-state index contributed by atoms with van der Waals surface area (Å²) in [7, 11) is 0. The molecule has 21 heavy (non-hydrogen) atoms. The highest BCUT2D eigenvalue weighted by atomic mass is 35.5. The van der Waals surface area contributed by atoms with Crippen LogP contribution in [0.15, 0.2) is 34.9 Å².